The molecule has 0 atom stereocenters. The quantitative estimate of drug-likeness (QED) is 0.857. The third-order valence-electron chi connectivity index (χ3n) is 4.63. The van der Waals surface area contributed by atoms with E-state index in [1.165, 1.54) is 0 Å². The van der Waals surface area contributed by atoms with Crippen molar-refractivity contribution in [1.82, 2.24) is 15.5 Å². The second-order valence-electron chi connectivity index (χ2n) is 6.99. The summed E-state index contributed by atoms with van der Waals surface area (Å²) in [6.45, 7) is 6.85. The van der Waals surface area contributed by atoms with Crippen LogP contribution in [0.4, 0.5) is 5.82 Å². The molecule has 0 radical (unpaired) electrons. The van der Waals surface area contributed by atoms with Crippen LogP contribution in [0.3, 0.4) is 0 Å². The SMILES string of the molecule is CC(C)CCNC(=O)C1CCN(c2ccc(-c3cccs3)nn2)CC1. The van der Waals surface area contributed by atoms with Crippen LogP contribution in [0.25, 0.3) is 10.6 Å². The maximum Gasteiger partial charge on any atom is 0.223 e. The van der Waals surface area contributed by atoms with Crippen LogP contribution in [0.1, 0.15) is 33.1 Å². The molecule has 1 aliphatic heterocycles. The fourth-order valence-corrected chi connectivity index (χ4v) is 3.74. The summed E-state index contributed by atoms with van der Waals surface area (Å²) in [5.74, 6) is 1.86. The highest BCUT2D eigenvalue weighted by Crippen LogP contribution is 2.25. The van der Waals surface area contributed by atoms with Crippen LogP contribution in [0.15, 0.2) is 29.6 Å². The van der Waals surface area contributed by atoms with E-state index >= 15 is 0 Å². The third-order valence-corrected chi connectivity index (χ3v) is 5.53. The van der Waals surface area contributed by atoms with Gasteiger partial charge in [-0.25, -0.2) is 0 Å². The van der Waals surface area contributed by atoms with Crippen LogP contribution in [-0.2, 0) is 4.79 Å². The molecular formula is C19H26N4OS. The van der Waals surface area contributed by atoms with Gasteiger partial charge in [0.05, 0.1) is 4.88 Å². The predicted molar refractivity (Wildman–Crippen MR) is 103 cm³/mol. The number of piperidine rings is 1. The Bertz CT molecular complexity index is 661. The highest BCUT2D eigenvalue weighted by Gasteiger charge is 2.25. The summed E-state index contributed by atoms with van der Waals surface area (Å²) in [6.07, 6.45) is 2.79. The first-order valence-corrected chi connectivity index (χ1v) is 9.91. The molecule has 25 heavy (non-hydrogen) atoms. The van der Waals surface area contributed by atoms with Crippen molar-refractivity contribution >= 4 is 23.1 Å². The maximum absolute atomic E-state index is 12.2. The average molecular weight is 359 g/mol. The Kier molecular flexibility index (Phi) is 6.02. The Morgan fingerprint density at radius 1 is 1.28 bits per heavy atom. The first-order chi connectivity index (χ1) is 12.1. The summed E-state index contributed by atoms with van der Waals surface area (Å²) in [6, 6.07) is 8.13. The molecule has 0 spiro atoms. The molecule has 2 aromatic rings. The molecule has 0 aliphatic carbocycles. The zero-order valence-electron chi connectivity index (χ0n) is 14.9. The normalized spacial score (nSPS) is 15.6. The molecule has 1 fully saturated rings. The molecule has 1 amide bonds. The predicted octanol–water partition coefficient (Wildman–Crippen LogP) is 3.58. The van der Waals surface area contributed by atoms with E-state index < -0.39 is 0 Å². The number of thiophene rings is 1. The third kappa shape index (κ3) is 4.78. The van der Waals surface area contributed by atoms with Gasteiger partial charge in [-0.2, -0.15) is 0 Å². The van der Waals surface area contributed by atoms with Gasteiger partial charge in [0.15, 0.2) is 5.82 Å². The van der Waals surface area contributed by atoms with Crippen molar-refractivity contribution in [3.05, 3.63) is 29.6 Å². The average Bonchev–Trinajstić information content (AvgIpc) is 3.16. The molecule has 5 nitrogen and oxygen atoms in total. The van der Waals surface area contributed by atoms with Crippen LogP contribution < -0.4 is 10.2 Å². The molecule has 3 rings (SSSR count). The van der Waals surface area contributed by atoms with Gasteiger partial charge in [0.1, 0.15) is 5.69 Å². The molecule has 1 aliphatic rings. The Balaban J connectivity index is 1.49. The number of hydrogen-bond acceptors (Lipinski definition) is 5. The number of nitrogens with one attached hydrogen (secondary N) is 1. The number of carbonyl (C=O) groups is 1. The van der Waals surface area contributed by atoms with Crippen LogP contribution >= 0.6 is 11.3 Å². The lowest BCUT2D eigenvalue weighted by Gasteiger charge is -2.31. The fraction of sp³-hybridized carbons (Fsp3) is 0.526. The molecule has 6 heteroatoms. The van der Waals surface area contributed by atoms with Gasteiger partial charge < -0.3 is 10.2 Å². The van der Waals surface area contributed by atoms with Crippen LogP contribution in [-0.4, -0.2) is 35.7 Å². The summed E-state index contributed by atoms with van der Waals surface area (Å²) in [4.78, 5) is 15.6. The minimum absolute atomic E-state index is 0.127. The van der Waals surface area contributed by atoms with Gasteiger partial charge in [-0.05, 0) is 48.8 Å². The number of hydrogen-bond donors (Lipinski definition) is 1. The van der Waals surface area contributed by atoms with E-state index in [4.69, 9.17) is 0 Å². The highest BCUT2D eigenvalue weighted by molar-refractivity contribution is 7.13. The van der Waals surface area contributed by atoms with E-state index in [0.717, 1.165) is 55.3 Å². The molecule has 1 N–H and O–H groups in total. The lowest BCUT2D eigenvalue weighted by Crippen LogP contribution is -2.41. The molecule has 2 aromatic heterocycles. The first-order valence-electron chi connectivity index (χ1n) is 9.03. The summed E-state index contributed by atoms with van der Waals surface area (Å²) >= 11 is 1.67. The van der Waals surface area contributed by atoms with Crippen LogP contribution in [0, 0.1) is 11.8 Å². The lowest BCUT2D eigenvalue weighted by atomic mass is 9.95. The Morgan fingerprint density at radius 3 is 2.68 bits per heavy atom. The largest absolute Gasteiger partial charge is 0.356 e. The van der Waals surface area contributed by atoms with E-state index in [2.05, 4.69) is 40.3 Å². The van der Waals surface area contributed by atoms with Gasteiger partial charge in [-0.15, -0.1) is 21.5 Å². The molecule has 1 saturated heterocycles. The number of nitrogens with zero attached hydrogens (tertiary/aromatic N) is 3. The van der Waals surface area contributed by atoms with Gasteiger partial charge in [0.2, 0.25) is 5.91 Å². The molecule has 3 heterocycles. The standard InChI is InChI=1S/C19H26N4OS/c1-14(2)7-10-20-19(24)15-8-11-23(12-9-15)18-6-5-16(21-22-18)17-4-3-13-25-17/h3-6,13-15H,7-12H2,1-2H3,(H,20,24). The van der Waals surface area contributed by atoms with Crippen molar-refractivity contribution in [3.8, 4) is 10.6 Å². The number of rotatable bonds is 6. The molecule has 0 bridgehead atoms. The van der Waals surface area contributed by atoms with Crippen molar-refractivity contribution in [2.24, 2.45) is 11.8 Å². The number of anilines is 1. The van der Waals surface area contributed by atoms with Crippen LogP contribution in [0.2, 0.25) is 0 Å². The molecule has 0 unspecified atom stereocenters. The van der Waals surface area contributed by atoms with Gasteiger partial charge >= 0.3 is 0 Å². The molecular weight excluding hydrogens is 332 g/mol. The van der Waals surface area contributed by atoms with Crippen molar-refractivity contribution in [3.63, 3.8) is 0 Å². The Hall–Kier alpha value is -1.95. The van der Waals surface area contributed by atoms with Gasteiger partial charge in [0.25, 0.3) is 0 Å². The van der Waals surface area contributed by atoms with E-state index in [1.807, 2.05) is 23.6 Å². The maximum atomic E-state index is 12.2. The molecule has 0 saturated carbocycles. The summed E-state index contributed by atoms with van der Waals surface area (Å²) < 4.78 is 0. The van der Waals surface area contributed by atoms with E-state index in [9.17, 15) is 4.79 Å². The van der Waals surface area contributed by atoms with Crippen molar-refractivity contribution in [1.29, 1.82) is 0 Å². The molecule has 0 aromatic carbocycles. The minimum Gasteiger partial charge on any atom is -0.356 e. The summed E-state index contributed by atoms with van der Waals surface area (Å²) in [5, 5.41) is 13.8. The van der Waals surface area contributed by atoms with Gasteiger partial charge in [0, 0.05) is 25.6 Å². The molecule has 134 valence electrons. The second-order valence-corrected chi connectivity index (χ2v) is 7.94. The van der Waals surface area contributed by atoms with E-state index in [0.29, 0.717) is 5.92 Å². The zero-order chi connectivity index (χ0) is 17.6. The van der Waals surface area contributed by atoms with E-state index in [-0.39, 0.29) is 11.8 Å². The van der Waals surface area contributed by atoms with Crippen molar-refractivity contribution in [2.45, 2.75) is 33.1 Å². The highest BCUT2D eigenvalue weighted by atomic mass is 32.1. The van der Waals surface area contributed by atoms with E-state index in [1.54, 1.807) is 11.3 Å². The number of aromatic nitrogens is 2. The van der Waals surface area contributed by atoms with Crippen molar-refractivity contribution in [2.75, 3.05) is 24.5 Å². The fourth-order valence-electron chi connectivity index (χ4n) is 3.05. The minimum atomic E-state index is 0.127. The number of carbonyl (C=O) groups excluding carboxylic acids is 1. The topological polar surface area (TPSA) is 58.1 Å². The Labute approximate surface area is 153 Å². The second kappa shape index (κ2) is 8.43. The monoisotopic (exact) mass is 358 g/mol. The number of amides is 1. The van der Waals surface area contributed by atoms with Gasteiger partial charge in [-0.1, -0.05) is 19.9 Å². The van der Waals surface area contributed by atoms with Gasteiger partial charge in [-0.3, -0.25) is 4.79 Å². The van der Waals surface area contributed by atoms with Crippen LogP contribution in [0.5, 0.6) is 0 Å². The summed E-state index contributed by atoms with van der Waals surface area (Å²) in [5.41, 5.74) is 0.915. The first kappa shape index (κ1) is 17.9. The summed E-state index contributed by atoms with van der Waals surface area (Å²) in [7, 11) is 0. The lowest BCUT2D eigenvalue weighted by molar-refractivity contribution is -0.125. The zero-order valence-corrected chi connectivity index (χ0v) is 15.8. The Morgan fingerprint density at radius 2 is 2.08 bits per heavy atom. The van der Waals surface area contributed by atoms with Crippen molar-refractivity contribution < 1.29 is 4.79 Å². The smallest absolute Gasteiger partial charge is 0.223 e.